The number of aromatic amines is 2. The highest BCUT2D eigenvalue weighted by molar-refractivity contribution is 5.91. The van der Waals surface area contributed by atoms with Gasteiger partial charge in [-0.05, 0) is 110 Å². The predicted molar refractivity (Wildman–Crippen MR) is 247 cm³/mol. The van der Waals surface area contributed by atoms with Crippen LogP contribution in [0, 0.1) is 17.3 Å². The molecule has 0 unspecified atom stereocenters. The van der Waals surface area contributed by atoms with Gasteiger partial charge in [-0.2, -0.15) is 0 Å². The molecular formula is C50H62N8O7. The number of likely N-dealkylation sites (tertiary alicyclic amines) is 1. The van der Waals surface area contributed by atoms with Crippen molar-refractivity contribution in [1.29, 1.82) is 0 Å². The summed E-state index contributed by atoms with van der Waals surface area (Å²) in [5.41, 5.74) is 4.89. The van der Waals surface area contributed by atoms with E-state index in [0.717, 1.165) is 82.3 Å². The number of methoxy groups -OCH3 is 3. The Morgan fingerprint density at radius 3 is 2.06 bits per heavy atom. The van der Waals surface area contributed by atoms with Crippen LogP contribution in [-0.2, 0) is 23.8 Å². The highest BCUT2D eigenvalue weighted by Gasteiger charge is 2.53. The lowest BCUT2D eigenvalue weighted by atomic mass is 9.93. The molecule has 2 aliphatic carbocycles. The van der Waals surface area contributed by atoms with E-state index >= 15 is 0 Å². The molecule has 15 nitrogen and oxygen atoms in total. The number of hydrogen-bond donors (Lipinski definition) is 4. The molecule has 5 aromatic rings. The van der Waals surface area contributed by atoms with Crippen molar-refractivity contribution in [3.05, 3.63) is 84.7 Å². The van der Waals surface area contributed by atoms with Gasteiger partial charge >= 0.3 is 12.2 Å². The molecule has 0 spiro atoms. The minimum Gasteiger partial charge on any atom is -0.453 e. The van der Waals surface area contributed by atoms with Crippen molar-refractivity contribution in [2.45, 2.75) is 109 Å². The summed E-state index contributed by atoms with van der Waals surface area (Å²) in [5.74, 6) is 1.17. The number of aromatic nitrogens is 4. The maximum Gasteiger partial charge on any atom is 0.407 e. The van der Waals surface area contributed by atoms with E-state index in [2.05, 4.69) is 88.2 Å². The molecule has 4 amide bonds. The van der Waals surface area contributed by atoms with Gasteiger partial charge in [0.25, 0.3) is 0 Å². The molecule has 65 heavy (non-hydrogen) atoms. The summed E-state index contributed by atoms with van der Waals surface area (Å²) < 4.78 is 15.4. The normalized spacial score (nSPS) is 20.0. The Morgan fingerprint density at radius 1 is 0.815 bits per heavy atom. The largest absolute Gasteiger partial charge is 0.453 e. The van der Waals surface area contributed by atoms with E-state index in [4.69, 9.17) is 24.2 Å². The van der Waals surface area contributed by atoms with Gasteiger partial charge in [-0.15, -0.1) is 0 Å². The summed E-state index contributed by atoms with van der Waals surface area (Å²) in [6.07, 6.45) is 7.21. The lowest BCUT2D eigenvalue weighted by Crippen LogP contribution is -2.60. The number of fused-ring (bicyclic) bond motifs is 3. The Morgan fingerprint density at radius 2 is 1.42 bits per heavy atom. The highest BCUT2D eigenvalue weighted by Crippen LogP contribution is 2.50. The predicted octanol–water partition coefficient (Wildman–Crippen LogP) is 8.56. The molecule has 1 saturated heterocycles. The van der Waals surface area contributed by atoms with Crippen LogP contribution in [0.25, 0.3) is 44.4 Å². The average molecular weight is 887 g/mol. The molecule has 6 atom stereocenters. The summed E-state index contributed by atoms with van der Waals surface area (Å²) in [7, 11) is 4.11. The lowest BCUT2D eigenvalue weighted by molar-refractivity contribution is -0.145. The van der Waals surface area contributed by atoms with Crippen LogP contribution in [0.2, 0.25) is 0 Å². The average Bonchev–Trinajstić information content (AvgIpc) is 3.88. The Balaban J connectivity index is 0.968. The fraction of sp³-hybridized carbons (Fsp3) is 0.480. The zero-order valence-electron chi connectivity index (χ0n) is 38.9. The zero-order chi connectivity index (χ0) is 46.4. The first kappa shape index (κ1) is 45.4. The zero-order valence-corrected chi connectivity index (χ0v) is 38.9. The second kappa shape index (κ2) is 18.0. The maximum atomic E-state index is 14.3. The van der Waals surface area contributed by atoms with Crippen molar-refractivity contribution in [2.75, 3.05) is 27.9 Å². The van der Waals surface area contributed by atoms with Gasteiger partial charge in [0.2, 0.25) is 11.8 Å². The molecule has 3 aromatic carbocycles. The van der Waals surface area contributed by atoms with Crippen LogP contribution in [0.5, 0.6) is 0 Å². The van der Waals surface area contributed by atoms with Gasteiger partial charge in [-0.25, -0.2) is 19.6 Å². The molecule has 8 rings (SSSR count). The number of alkyl carbamates (subject to hydrolysis) is 2. The van der Waals surface area contributed by atoms with Crippen molar-refractivity contribution in [3.63, 3.8) is 0 Å². The Kier molecular flexibility index (Phi) is 12.5. The van der Waals surface area contributed by atoms with Crippen LogP contribution in [0.1, 0.15) is 97.4 Å². The number of carbonyl (C=O) groups excluding carboxylic acids is 4. The molecule has 3 heterocycles. The summed E-state index contributed by atoms with van der Waals surface area (Å²) >= 11 is 0. The molecule has 2 saturated carbocycles. The summed E-state index contributed by atoms with van der Waals surface area (Å²) in [6.45, 7) is 12.1. The summed E-state index contributed by atoms with van der Waals surface area (Å²) in [4.78, 5) is 73.2. The smallest absolute Gasteiger partial charge is 0.407 e. The van der Waals surface area contributed by atoms with Crippen molar-refractivity contribution in [3.8, 4) is 33.6 Å². The summed E-state index contributed by atoms with van der Waals surface area (Å²) in [6, 6.07) is 18.9. The van der Waals surface area contributed by atoms with Crippen LogP contribution < -0.4 is 10.6 Å². The number of hydrogen-bond acceptors (Lipinski definition) is 9. The minimum atomic E-state index is -0.973. The first-order valence-electron chi connectivity index (χ1n) is 22.6. The number of benzene rings is 3. The summed E-state index contributed by atoms with van der Waals surface area (Å²) in [5, 5.41) is 7.65. The number of amides is 4. The highest BCUT2D eigenvalue weighted by atomic mass is 16.5. The number of rotatable bonds is 15. The molecule has 3 fully saturated rings. The molecule has 2 bridgehead atoms. The second-order valence-corrected chi connectivity index (χ2v) is 19.3. The third-order valence-electron chi connectivity index (χ3n) is 14.1. The van der Waals surface area contributed by atoms with E-state index in [1.54, 1.807) is 13.8 Å². The molecule has 0 radical (unpaired) electrons. The van der Waals surface area contributed by atoms with Gasteiger partial charge in [-0.3, -0.25) is 9.59 Å². The van der Waals surface area contributed by atoms with Crippen LogP contribution in [0.15, 0.2) is 73.1 Å². The molecule has 3 aliphatic rings. The topological polar surface area (TPSA) is 184 Å². The first-order chi connectivity index (χ1) is 31.0. The van der Waals surface area contributed by atoms with Gasteiger partial charge in [0.15, 0.2) is 0 Å². The van der Waals surface area contributed by atoms with E-state index in [1.807, 2.05) is 43.0 Å². The van der Waals surface area contributed by atoms with Crippen LogP contribution in [-0.4, -0.2) is 105 Å². The van der Waals surface area contributed by atoms with Crippen molar-refractivity contribution >= 4 is 34.8 Å². The molecular weight excluding hydrogens is 825 g/mol. The fourth-order valence-corrected chi connectivity index (χ4v) is 9.61. The number of nitrogens with one attached hydrogen (secondary N) is 4. The monoisotopic (exact) mass is 886 g/mol. The van der Waals surface area contributed by atoms with E-state index in [9.17, 15) is 19.2 Å². The first-order valence-corrected chi connectivity index (χ1v) is 22.6. The molecule has 2 aromatic heterocycles. The molecule has 344 valence electrons. The number of piperidine rings is 1. The van der Waals surface area contributed by atoms with Gasteiger partial charge in [0.1, 0.15) is 23.7 Å². The quantitative estimate of drug-likeness (QED) is 0.0800. The van der Waals surface area contributed by atoms with E-state index in [1.165, 1.54) is 21.3 Å². The van der Waals surface area contributed by atoms with Gasteiger partial charge < -0.3 is 44.6 Å². The number of ether oxygens (including phenoxy) is 3. The Hall–Kier alpha value is -6.22. The van der Waals surface area contributed by atoms with Gasteiger partial charge in [-0.1, -0.05) is 69.3 Å². The standard InChI is InChI=1S/C50H62N8O7/c1-28(2)40(55-47(61)63-7)45(59)57(27-50(6)20-21-50)29(3)43-51-26-39(53-43)35-17-16-33-22-32(14-15-34(33)23-35)30-10-12-31(13-11-30)38-25-52-44(54-38)41-36-18-19-37(24-36)58(41)46(60)42(49(4,5)65-9)56-48(62)64-8/h10-17,22-23,25-26,28-29,36-37,40-42H,18-21,24,27H2,1-9H3,(H,51,53)(H,52,54)(H,55,61)(H,56,62)/t29-,36-,37+,40-,41-,42+/m0/s1. The molecule has 4 N–H and O–H groups in total. The second-order valence-electron chi connectivity index (χ2n) is 19.3. The third-order valence-corrected chi connectivity index (χ3v) is 14.1. The minimum absolute atomic E-state index is 0.0398. The molecule has 1 aliphatic heterocycles. The van der Waals surface area contributed by atoms with Crippen molar-refractivity contribution in [2.24, 2.45) is 17.3 Å². The van der Waals surface area contributed by atoms with Crippen LogP contribution in [0.3, 0.4) is 0 Å². The number of imidazole rings is 2. The van der Waals surface area contributed by atoms with Gasteiger partial charge in [0, 0.05) is 25.3 Å². The molecule has 15 heteroatoms. The SMILES string of the molecule is COC(=O)N[C@H](C(=O)N(CC1(C)CC1)[C@@H](C)c1ncc(-c2ccc3cc(-c4ccc(-c5cnc([C@@H]6[C@H]7CC[C@H](C7)N6C(=O)[C@@H](NC(=O)OC)C(C)(C)OC)[nH]5)cc4)ccc3c2)[nH]1)C(C)C. The number of nitrogens with zero attached hydrogens (tertiary/aromatic N) is 4. The lowest BCUT2D eigenvalue weighted by Gasteiger charge is -2.40. The van der Waals surface area contributed by atoms with E-state index in [0.29, 0.717) is 12.4 Å². The number of H-pyrrole nitrogens is 2. The van der Waals surface area contributed by atoms with Crippen LogP contribution >= 0.6 is 0 Å². The van der Waals surface area contributed by atoms with Crippen molar-refractivity contribution in [1.82, 2.24) is 40.4 Å². The Labute approximate surface area is 380 Å². The van der Waals surface area contributed by atoms with Crippen molar-refractivity contribution < 1.29 is 33.4 Å². The van der Waals surface area contributed by atoms with Gasteiger partial charge in [0.05, 0.1) is 55.7 Å². The fourth-order valence-electron chi connectivity index (χ4n) is 9.61. The van der Waals surface area contributed by atoms with E-state index in [-0.39, 0.29) is 47.2 Å². The van der Waals surface area contributed by atoms with E-state index < -0.39 is 29.9 Å². The third kappa shape index (κ3) is 9.20. The maximum absolute atomic E-state index is 14.3. The Bertz CT molecular complexity index is 2560. The van der Waals surface area contributed by atoms with Crippen LogP contribution in [0.4, 0.5) is 9.59 Å². The number of carbonyl (C=O) groups is 4.